The number of aromatic nitrogens is 1. The Morgan fingerprint density at radius 3 is 2.68 bits per heavy atom. The summed E-state index contributed by atoms with van der Waals surface area (Å²) in [6, 6.07) is 10.4. The molecule has 0 aliphatic carbocycles. The number of para-hydroxylation sites is 1. The minimum atomic E-state index is -0.0637. The molecule has 0 saturated carbocycles. The van der Waals surface area contributed by atoms with Gasteiger partial charge in [-0.05, 0) is 31.5 Å². The lowest BCUT2D eigenvalue weighted by atomic mass is 10.2. The minimum absolute atomic E-state index is 0.0637. The standard InChI is InChI=1S/C20H21N5OS2/c1-13-14(2)27-19(15(13)11-21)23-18(26)12-24-7-9-25(10-8-24)20-22-16-5-3-4-6-17(16)28-20/h3-6H,7-10,12H2,1-2H3,(H,23,26). The molecule has 1 aliphatic rings. The number of thiazole rings is 1. The number of hydrogen-bond acceptors (Lipinski definition) is 7. The van der Waals surface area contributed by atoms with Crippen molar-refractivity contribution in [1.29, 1.82) is 5.26 Å². The molecule has 1 saturated heterocycles. The third kappa shape index (κ3) is 3.74. The fourth-order valence-corrected chi connectivity index (χ4v) is 5.36. The number of nitriles is 1. The maximum Gasteiger partial charge on any atom is 0.239 e. The summed E-state index contributed by atoms with van der Waals surface area (Å²) in [6.45, 7) is 7.57. The molecule has 28 heavy (non-hydrogen) atoms. The van der Waals surface area contributed by atoms with Crippen molar-refractivity contribution in [2.24, 2.45) is 0 Å². The van der Waals surface area contributed by atoms with Crippen molar-refractivity contribution in [1.82, 2.24) is 9.88 Å². The van der Waals surface area contributed by atoms with Crippen LogP contribution in [0.5, 0.6) is 0 Å². The van der Waals surface area contributed by atoms with E-state index in [2.05, 4.69) is 27.3 Å². The number of benzene rings is 1. The molecule has 6 nitrogen and oxygen atoms in total. The first-order valence-corrected chi connectivity index (χ1v) is 10.8. The topological polar surface area (TPSA) is 72.3 Å². The summed E-state index contributed by atoms with van der Waals surface area (Å²) in [5, 5.41) is 14.0. The van der Waals surface area contributed by atoms with Crippen molar-refractivity contribution >= 4 is 48.9 Å². The molecule has 0 atom stereocenters. The van der Waals surface area contributed by atoms with Gasteiger partial charge in [0.1, 0.15) is 11.1 Å². The molecular formula is C20H21N5OS2. The second-order valence-corrected chi connectivity index (χ2v) is 9.11. The Hall–Kier alpha value is -2.47. The van der Waals surface area contributed by atoms with Crippen LogP contribution in [0.1, 0.15) is 16.0 Å². The molecular weight excluding hydrogens is 390 g/mol. The molecule has 0 spiro atoms. The third-order valence-corrected chi connectivity index (χ3v) is 7.26. The maximum absolute atomic E-state index is 12.5. The number of nitrogens with one attached hydrogen (secondary N) is 1. The normalized spacial score (nSPS) is 15.0. The number of carbonyl (C=O) groups is 1. The number of piperazine rings is 1. The van der Waals surface area contributed by atoms with Gasteiger partial charge in [0, 0.05) is 31.1 Å². The largest absolute Gasteiger partial charge is 0.345 e. The highest BCUT2D eigenvalue weighted by Gasteiger charge is 2.22. The summed E-state index contributed by atoms with van der Waals surface area (Å²) < 4.78 is 1.20. The van der Waals surface area contributed by atoms with Crippen LogP contribution >= 0.6 is 22.7 Å². The number of aryl methyl sites for hydroxylation is 1. The Bertz CT molecular complexity index is 1020. The number of thiophene rings is 1. The lowest BCUT2D eigenvalue weighted by molar-refractivity contribution is -0.117. The summed E-state index contributed by atoms with van der Waals surface area (Å²) in [5.41, 5.74) is 2.57. The Morgan fingerprint density at radius 1 is 1.21 bits per heavy atom. The number of anilines is 2. The van der Waals surface area contributed by atoms with Crippen molar-refractivity contribution in [3.05, 3.63) is 40.3 Å². The number of amides is 1. The number of carbonyl (C=O) groups excluding carboxylic acids is 1. The molecule has 0 radical (unpaired) electrons. The zero-order chi connectivity index (χ0) is 19.7. The number of hydrogen-bond donors (Lipinski definition) is 1. The highest BCUT2D eigenvalue weighted by atomic mass is 32.1. The Labute approximate surface area is 172 Å². The molecule has 3 heterocycles. The van der Waals surface area contributed by atoms with Crippen molar-refractivity contribution in [2.45, 2.75) is 13.8 Å². The zero-order valence-electron chi connectivity index (χ0n) is 15.9. The van der Waals surface area contributed by atoms with E-state index in [-0.39, 0.29) is 5.91 Å². The van der Waals surface area contributed by atoms with Gasteiger partial charge in [0.25, 0.3) is 0 Å². The van der Waals surface area contributed by atoms with Gasteiger partial charge in [-0.3, -0.25) is 9.69 Å². The number of nitrogens with zero attached hydrogens (tertiary/aromatic N) is 4. The summed E-state index contributed by atoms with van der Waals surface area (Å²) in [5.74, 6) is -0.0637. The van der Waals surface area contributed by atoms with Crippen molar-refractivity contribution in [3.63, 3.8) is 0 Å². The molecule has 0 unspecified atom stereocenters. The van der Waals surface area contributed by atoms with Crippen LogP contribution in [0.25, 0.3) is 10.2 Å². The predicted molar refractivity (Wildman–Crippen MR) is 115 cm³/mol. The SMILES string of the molecule is Cc1sc(NC(=O)CN2CCN(c3nc4ccccc4s3)CC2)c(C#N)c1C. The summed E-state index contributed by atoms with van der Waals surface area (Å²) in [7, 11) is 0. The Morgan fingerprint density at radius 2 is 1.96 bits per heavy atom. The fourth-order valence-electron chi connectivity index (χ4n) is 3.31. The first-order valence-electron chi connectivity index (χ1n) is 9.18. The van der Waals surface area contributed by atoms with E-state index >= 15 is 0 Å². The van der Waals surface area contributed by atoms with Crippen LogP contribution in [-0.4, -0.2) is 48.5 Å². The quantitative estimate of drug-likeness (QED) is 0.710. The first kappa shape index (κ1) is 18.9. The van der Waals surface area contributed by atoms with E-state index in [0.717, 1.165) is 47.3 Å². The van der Waals surface area contributed by atoms with E-state index < -0.39 is 0 Å². The maximum atomic E-state index is 12.5. The molecule has 1 aliphatic heterocycles. The molecule has 1 amide bonds. The minimum Gasteiger partial charge on any atom is -0.345 e. The van der Waals surface area contributed by atoms with Crippen LogP contribution in [0.2, 0.25) is 0 Å². The van der Waals surface area contributed by atoms with Gasteiger partial charge in [0.05, 0.1) is 22.3 Å². The van der Waals surface area contributed by atoms with Crippen LogP contribution < -0.4 is 10.2 Å². The molecule has 4 rings (SSSR count). The molecule has 8 heteroatoms. The summed E-state index contributed by atoms with van der Waals surface area (Å²) in [4.78, 5) is 22.7. The first-order chi connectivity index (χ1) is 13.5. The van der Waals surface area contributed by atoms with Crippen LogP contribution in [0.3, 0.4) is 0 Å². The van der Waals surface area contributed by atoms with Gasteiger partial charge in [-0.1, -0.05) is 23.5 Å². The Balaban J connectivity index is 1.33. The van der Waals surface area contributed by atoms with E-state index in [0.29, 0.717) is 17.1 Å². The number of rotatable bonds is 4. The average molecular weight is 412 g/mol. The van der Waals surface area contributed by atoms with E-state index in [9.17, 15) is 10.1 Å². The predicted octanol–water partition coefficient (Wildman–Crippen LogP) is 3.61. The van der Waals surface area contributed by atoms with Gasteiger partial charge in [-0.15, -0.1) is 11.3 Å². The second kappa shape index (κ2) is 7.87. The van der Waals surface area contributed by atoms with Crippen LogP contribution in [0.4, 0.5) is 10.1 Å². The van der Waals surface area contributed by atoms with Gasteiger partial charge in [-0.25, -0.2) is 4.98 Å². The molecule has 1 fully saturated rings. The lowest BCUT2D eigenvalue weighted by Gasteiger charge is -2.34. The number of fused-ring (bicyclic) bond motifs is 1. The van der Waals surface area contributed by atoms with Crippen molar-refractivity contribution in [3.8, 4) is 6.07 Å². The van der Waals surface area contributed by atoms with Gasteiger partial charge in [-0.2, -0.15) is 5.26 Å². The second-order valence-electron chi connectivity index (χ2n) is 6.87. The average Bonchev–Trinajstić information content (AvgIpc) is 3.23. The summed E-state index contributed by atoms with van der Waals surface area (Å²) in [6.07, 6.45) is 0. The van der Waals surface area contributed by atoms with E-state index in [4.69, 9.17) is 4.98 Å². The molecule has 2 aromatic heterocycles. The highest BCUT2D eigenvalue weighted by Crippen LogP contribution is 2.32. The highest BCUT2D eigenvalue weighted by molar-refractivity contribution is 7.22. The molecule has 3 aromatic rings. The molecule has 1 N–H and O–H groups in total. The Kier molecular flexibility index (Phi) is 5.31. The van der Waals surface area contributed by atoms with Gasteiger partial charge in [0.2, 0.25) is 5.91 Å². The molecule has 0 bridgehead atoms. The van der Waals surface area contributed by atoms with Crippen molar-refractivity contribution in [2.75, 3.05) is 42.9 Å². The molecule has 144 valence electrons. The van der Waals surface area contributed by atoms with Gasteiger partial charge in [0.15, 0.2) is 5.13 Å². The van der Waals surface area contributed by atoms with Crippen LogP contribution in [0, 0.1) is 25.2 Å². The van der Waals surface area contributed by atoms with E-state index in [1.165, 1.54) is 16.0 Å². The van der Waals surface area contributed by atoms with Crippen LogP contribution in [0.15, 0.2) is 24.3 Å². The van der Waals surface area contributed by atoms with Crippen LogP contribution in [-0.2, 0) is 4.79 Å². The molecule has 1 aromatic carbocycles. The summed E-state index contributed by atoms with van der Waals surface area (Å²) >= 11 is 3.18. The van der Waals surface area contributed by atoms with E-state index in [1.54, 1.807) is 11.3 Å². The van der Waals surface area contributed by atoms with E-state index in [1.807, 2.05) is 32.0 Å². The van der Waals surface area contributed by atoms with Crippen molar-refractivity contribution < 1.29 is 4.79 Å². The smallest absolute Gasteiger partial charge is 0.239 e. The zero-order valence-corrected chi connectivity index (χ0v) is 17.5. The third-order valence-electron chi connectivity index (χ3n) is 5.04. The van der Waals surface area contributed by atoms with Gasteiger partial charge < -0.3 is 10.2 Å². The monoisotopic (exact) mass is 411 g/mol. The fraction of sp³-hybridized carbons (Fsp3) is 0.350. The van der Waals surface area contributed by atoms with Gasteiger partial charge >= 0.3 is 0 Å². The lowest BCUT2D eigenvalue weighted by Crippen LogP contribution is -2.48.